The molecule has 2 aliphatic carbocycles. The average molecular weight is 970 g/mol. The maximum atomic E-state index is 14.2. The molecule has 0 radical (unpaired) electrons. The molecular formula is C63H75N3O6. The molecule has 6 aromatic carbocycles. The van der Waals surface area contributed by atoms with E-state index in [4.69, 9.17) is 0 Å². The topological polar surface area (TPSA) is 118 Å². The third-order valence-corrected chi connectivity index (χ3v) is 15.6. The Bertz CT molecular complexity index is 2560. The second-order valence-corrected chi connectivity index (χ2v) is 19.6. The second kappa shape index (κ2) is 25.0. The number of carbonyl (C=O) groups excluding carboxylic acids is 2. The molecule has 6 aromatic rings. The Hall–Kier alpha value is -6.84. The van der Waals surface area contributed by atoms with Crippen molar-refractivity contribution < 1.29 is 29.4 Å². The highest BCUT2D eigenvalue weighted by molar-refractivity contribution is 5.92. The average Bonchev–Trinajstić information content (AvgIpc) is 3.40. The summed E-state index contributed by atoms with van der Waals surface area (Å²) in [6.07, 6.45) is 7.07. The van der Waals surface area contributed by atoms with Gasteiger partial charge in [-0.3, -0.25) is 14.5 Å². The molecule has 6 fully saturated rings. The molecule has 12 rings (SSSR count). The standard InChI is InChI=1S/C30H32N2O3.C30H31NO3.3CH4/c1-31(20-21-11-5-2-6-12-21)26-19-24-17-18-25(26)28(30(34)35)32(24)29(33)27(22-13-7-3-8-14-22)23-15-9-4-10-16-23;32-29(27(22-12-6-2-7-13-22)23-14-8-3-9-15-23)31-25-18-19-26(28(31)30(33)34)24(20-25)17-16-21-10-4-1-5-11-21;;;/h2-16,24-28H,17-20H2,1H3,(H,34,35);1-15,24-28H,16-20H2,(H,33,34);3*1H4/t24-,25+,26?,28-;24?,25-,26+,28-;;;/m00.../s1. The minimum atomic E-state index is -0.897. The first kappa shape index (κ1) is 54.5. The van der Waals surface area contributed by atoms with Crippen LogP contribution in [-0.2, 0) is 32.1 Å². The number of rotatable bonds is 14. The molecule has 8 atom stereocenters. The normalized spacial score (nSPS) is 22.7. The first-order chi connectivity index (χ1) is 33.7. The Morgan fingerprint density at radius 1 is 0.486 bits per heavy atom. The van der Waals surface area contributed by atoms with Crippen molar-refractivity contribution in [3.05, 3.63) is 215 Å². The molecule has 6 aliphatic rings. The molecule has 2 N–H and O–H groups in total. The minimum Gasteiger partial charge on any atom is -0.480 e. The van der Waals surface area contributed by atoms with Crippen LogP contribution in [0.2, 0.25) is 0 Å². The smallest absolute Gasteiger partial charge is 0.326 e. The Kier molecular flexibility index (Phi) is 18.9. The summed E-state index contributed by atoms with van der Waals surface area (Å²) in [5.74, 6) is -2.72. The number of carbonyl (C=O) groups is 4. The summed E-state index contributed by atoms with van der Waals surface area (Å²) in [6.45, 7) is 0.770. The first-order valence-corrected chi connectivity index (χ1v) is 24.8. The zero-order chi connectivity index (χ0) is 47.9. The number of aryl methyl sites for hydroxylation is 1. The number of carboxylic acids is 2. The highest BCUT2D eigenvalue weighted by Crippen LogP contribution is 2.48. The quantitative estimate of drug-likeness (QED) is 0.112. The Balaban J connectivity index is 0.000000226. The van der Waals surface area contributed by atoms with Crippen LogP contribution in [0.15, 0.2) is 182 Å². The Morgan fingerprint density at radius 3 is 1.24 bits per heavy atom. The lowest BCUT2D eigenvalue weighted by Crippen LogP contribution is -2.67. The first-order valence-electron chi connectivity index (χ1n) is 24.8. The van der Waals surface area contributed by atoms with E-state index in [-0.39, 0.29) is 64.1 Å². The zero-order valence-electron chi connectivity index (χ0n) is 39.3. The molecule has 4 saturated heterocycles. The van der Waals surface area contributed by atoms with Crippen LogP contribution in [0.3, 0.4) is 0 Å². The fourth-order valence-electron chi connectivity index (χ4n) is 12.5. The fraction of sp³-hybridized carbons (Fsp3) is 0.365. The highest BCUT2D eigenvalue weighted by atomic mass is 16.4. The largest absolute Gasteiger partial charge is 0.480 e. The molecule has 72 heavy (non-hydrogen) atoms. The fourth-order valence-corrected chi connectivity index (χ4v) is 12.5. The summed E-state index contributed by atoms with van der Waals surface area (Å²) in [6, 6.07) is 58.1. The third-order valence-electron chi connectivity index (χ3n) is 15.6. The summed E-state index contributed by atoms with van der Waals surface area (Å²) >= 11 is 0. The third kappa shape index (κ3) is 11.7. The zero-order valence-corrected chi connectivity index (χ0v) is 39.3. The van der Waals surface area contributed by atoms with E-state index >= 15 is 0 Å². The lowest BCUT2D eigenvalue weighted by molar-refractivity contribution is -0.168. The number of benzene rings is 6. The van der Waals surface area contributed by atoms with Crippen molar-refractivity contribution in [2.45, 2.75) is 122 Å². The SMILES string of the molecule is C.C.C.CN(Cc1ccccc1)C1C[C@@H]2CC[C@H]1[C@@H](C(=O)O)N2C(=O)C(c1ccccc1)c1ccccc1.O=C(O)[C@@H]1[C@@H]2CC[C@@H](CC2CCc2ccccc2)N1C(=O)C(c1ccccc1)c1ccccc1. The van der Waals surface area contributed by atoms with Crippen LogP contribution >= 0.6 is 0 Å². The van der Waals surface area contributed by atoms with Gasteiger partial charge in [-0.25, -0.2) is 9.59 Å². The number of hydrogen-bond donors (Lipinski definition) is 2. The van der Waals surface area contributed by atoms with Gasteiger partial charge >= 0.3 is 11.9 Å². The predicted octanol–water partition coefficient (Wildman–Crippen LogP) is 12.2. The monoisotopic (exact) mass is 970 g/mol. The molecule has 2 unspecified atom stereocenters. The van der Waals surface area contributed by atoms with Gasteiger partial charge < -0.3 is 20.0 Å². The van der Waals surface area contributed by atoms with Crippen molar-refractivity contribution in [2.75, 3.05) is 7.05 Å². The van der Waals surface area contributed by atoms with E-state index in [1.54, 1.807) is 9.80 Å². The number of aliphatic carboxylic acids is 2. The number of nitrogens with zero attached hydrogens (tertiary/aromatic N) is 3. The molecule has 0 aromatic heterocycles. The molecule has 2 amide bonds. The van der Waals surface area contributed by atoms with Crippen molar-refractivity contribution in [3.8, 4) is 0 Å². The van der Waals surface area contributed by atoms with E-state index in [0.717, 1.165) is 80.2 Å². The van der Waals surface area contributed by atoms with E-state index < -0.39 is 35.9 Å². The van der Waals surface area contributed by atoms with Crippen LogP contribution in [0, 0.1) is 17.8 Å². The summed E-state index contributed by atoms with van der Waals surface area (Å²) in [5.41, 5.74) is 6.11. The van der Waals surface area contributed by atoms with Crippen LogP contribution in [0.4, 0.5) is 0 Å². The molecular weight excluding hydrogens is 895 g/mol. The van der Waals surface area contributed by atoms with Gasteiger partial charge in [0.25, 0.3) is 0 Å². The summed E-state index contributed by atoms with van der Waals surface area (Å²) in [5, 5.41) is 20.7. The van der Waals surface area contributed by atoms with Gasteiger partial charge in [-0.15, -0.1) is 0 Å². The van der Waals surface area contributed by atoms with Gasteiger partial charge in [-0.1, -0.05) is 204 Å². The molecule has 0 spiro atoms. The van der Waals surface area contributed by atoms with Crippen LogP contribution in [-0.4, -0.2) is 85.9 Å². The van der Waals surface area contributed by atoms with Gasteiger partial charge in [-0.05, 0) is 104 Å². The van der Waals surface area contributed by atoms with E-state index in [0.29, 0.717) is 5.92 Å². The number of amides is 2. The van der Waals surface area contributed by atoms with Crippen LogP contribution < -0.4 is 0 Å². The van der Waals surface area contributed by atoms with Crippen LogP contribution in [0.25, 0.3) is 0 Å². The van der Waals surface area contributed by atoms with Crippen molar-refractivity contribution in [1.29, 1.82) is 0 Å². The lowest BCUT2D eigenvalue weighted by atomic mass is 9.65. The number of piperidine rings is 4. The molecule has 378 valence electrons. The number of carboxylic acid groups (broad SMARTS) is 2. The summed E-state index contributed by atoms with van der Waals surface area (Å²) in [4.78, 5) is 59.4. The lowest BCUT2D eigenvalue weighted by Gasteiger charge is -2.55. The van der Waals surface area contributed by atoms with Gasteiger partial charge in [0.15, 0.2) is 0 Å². The summed E-state index contributed by atoms with van der Waals surface area (Å²) < 4.78 is 0. The second-order valence-electron chi connectivity index (χ2n) is 19.6. The highest BCUT2D eigenvalue weighted by Gasteiger charge is 2.55. The van der Waals surface area contributed by atoms with Gasteiger partial charge in [-0.2, -0.15) is 0 Å². The van der Waals surface area contributed by atoms with E-state index in [9.17, 15) is 29.4 Å². The van der Waals surface area contributed by atoms with Crippen LogP contribution in [0.5, 0.6) is 0 Å². The maximum absolute atomic E-state index is 14.2. The van der Waals surface area contributed by atoms with Crippen molar-refractivity contribution >= 4 is 23.8 Å². The molecule has 9 nitrogen and oxygen atoms in total. The van der Waals surface area contributed by atoms with Gasteiger partial charge in [0.05, 0.1) is 11.8 Å². The molecule has 4 bridgehead atoms. The maximum Gasteiger partial charge on any atom is 0.326 e. The molecule has 9 heteroatoms. The Labute approximate surface area is 428 Å². The summed E-state index contributed by atoms with van der Waals surface area (Å²) in [7, 11) is 2.08. The minimum absolute atomic E-state index is 0. The predicted molar refractivity (Wildman–Crippen MR) is 288 cm³/mol. The van der Waals surface area contributed by atoms with Crippen molar-refractivity contribution in [2.24, 2.45) is 17.8 Å². The number of hydrogen-bond acceptors (Lipinski definition) is 5. The van der Waals surface area contributed by atoms with Crippen molar-refractivity contribution in [1.82, 2.24) is 14.7 Å². The van der Waals surface area contributed by atoms with E-state index in [1.165, 1.54) is 11.1 Å². The Morgan fingerprint density at radius 2 is 0.833 bits per heavy atom. The molecule has 4 heterocycles. The van der Waals surface area contributed by atoms with Gasteiger partial charge in [0, 0.05) is 30.6 Å². The van der Waals surface area contributed by atoms with Gasteiger partial charge in [0.1, 0.15) is 12.1 Å². The van der Waals surface area contributed by atoms with E-state index in [2.05, 4.69) is 48.3 Å². The van der Waals surface area contributed by atoms with Gasteiger partial charge in [0.2, 0.25) is 11.8 Å². The van der Waals surface area contributed by atoms with Crippen LogP contribution in [0.1, 0.15) is 112 Å². The molecule has 2 saturated carbocycles. The van der Waals surface area contributed by atoms with Crippen molar-refractivity contribution in [3.63, 3.8) is 0 Å². The van der Waals surface area contributed by atoms with E-state index in [1.807, 2.05) is 146 Å². The molecule has 4 aliphatic heterocycles. The number of fused-ring (bicyclic) bond motifs is 6.